The van der Waals surface area contributed by atoms with Gasteiger partial charge in [-0.25, -0.2) is 13.7 Å². The van der Waals surface area contributed by atoms with Crippen LogP contribution < -0.4 is 5.73 Å². The number of halogens is 1. The molecule has 0 radical (unpaired) electrons. The van der Waals surface area contributed by atoms with E-state index in [1.807, 2.05) is 6.08 Å². The summed E-state index contributed by atoms with van der Waals surface area (Å²) in [6.07, 6.45) is 8.56. The van der Waals surface area contributed by atoms with Crippen molar-refractivity contribution in [1.29, 1.82) is 0 Å². The summed E-state index contributed by atoms with van der Waals surface area (Å²) in [7, 11) is 0. The van der Waals surface area contributed by atoms with Gasteiger partial charge in [-0.05, 0) is 67.8 Å². The molecule has 1 aromatic carbocycles. The molecule has 2 saturated heterocycles. The minimum absolute atomic E-state index is 0.293. The van der Waals surface area contributed by atoms with Crippen molar-refractivity contribution in [3.8, 4) is 0 Å². The highest BCUT2D eigenvalue weighted by Gasteiger charge is 2.43. The minimum atomic E-state index is -0.561. The Morgan fingerprint density at radius 1 is 1.38 bits per heavy atom. The lowest BCUT2D eigenvalue weighted by atomic mass is 9.68. The van der Waals surface area contributed by atoms with E-state index in [1.165, 1.54) is 12.1 Å². The molecule has 5 nitrogen and oxygen atoms in total. The van der Waals surface area contributed by atoms with Crippen molar-refractivity contribution in [1.82, 2.24) is 4.31 Å². The van der Waals surface area contributed by atoms with Gasteiger partial charge in [0, 0.05) is 25.4 Å². The lowest BCUT2D eigenvalue weighted by molar-refractivity contribution is -0.115. The van der Waals surface area contributed by atoms with Gasteiger partial charge in [-0.15, -0.1) is 0 Å². The van der Waals surface area contributed by atoms with Crippen LogP contribution in [0.2, 0.25) is 0 Å². The molecule has 29 heavy (non-hydrogen) atoms. The summed E-state index contributed by atoms with van der Waals surface area (Å²) in [6, 6.07) is 6.06. The lowest BCUT2D eigenvalue weighted by Crippen LogP contribution is -2.46. The van der Waals surface area contributed by atoms with Crippen molar-refractivity contribution in [3.63, 3.8) is 0 Å². The molecule has 2 atom stereocenters. The molecule has 1 aliphatic carbocycles. The van der Waals surface area contributed by atoms with Gasteiger partial charge in [0.1, 0.15) is 12.1 Å². The van der Waals surface area contributed by atoms with E-state index >= 15 is 0 Å². The van der Waals surface area contributed by atoms with Gasteiger partial charge in [-0.1, -0.05) is 17.5 Å². The molecule has 3 aliphatic rings. The Morgan fingerprint density at radius 2 is 2.21 bits per heavy atom. The fraction of sp³-hybridized carbons (Fsp3) is 0.455. The standard InChI is InChI=1S/C22H26FN3O2S/c23-18-3-5-19(6-4-18)25-21-10-17-7-8-26(29-13-20-2-1-9-28-20)14-22(17,15-27)11-16(21)12-24/h3-6,10,12,15,20H,1-2,7-9,11,13-14,24H2. The van der Waals surface area contributed by atoms with Crippen LogP contribution in [0.1, 0.15) is 25.7 Å². The predicted molar refractivity (Wildman–Crippen MR) is 115 cm³/mol. The Hall–Kier alpha value is -1.96. The number of carbonyl (C=O) groups is 1. The molecule has 7 heteroatoms. The average molecular weight is 416 g/mol. The van der Waals surface area contributed by atoms with Gasteiger partial charge in [-0.3, -0.25) is 0 Å². The SMILES string of the molecule is NC=C1CC2(C=O)CN(SCC3CCCO3)CCC2=CC1=Nc1ccc(F)cc1. The zero-order valence-corrected chi connectivity index (χ0v) is 17.2. The van der Waals surface area contributed by atoms with Gasteiger partial charge in [-0.2, -0.15) is 0 Å². The molecule has 0 aromatic heterocycles. The van der Waals surface area contributed by atoms with E-state index in [0.29, 0.717) is 24.8 Å². The molecule has 2 unspecified atom stereocenters. The number of hydrogen-bond acceptors (Lipinski definition) is 6. The molecule has 4 rings (SSSR count). The third-order valence-electron chi connectivity index (χ3n) is 5.84. The normalized spacial score (nSPS) is 30.4. The number of nitrogens with zero attached hydrogens (tertiary/aromatic N) is 2. The minimum Gasteiger partial charge on any atom is -0.404 e. The van der Waals surface area contributed by atoms with Gasteiger partial charge in [0.25, 0.3) is 0 Å². The number of ether oxygens (including phenoxy) is 1. The van der Waals surface area contributed by atoms with E-state index in [0.717, 1.165) is 61.3 Å². The van der Waals surface area contributed by atoms with Crippen molar-refractivity contribution in [2.24, 2.45) is 16.1 Å². The van der Waals surface area contributed by atoms with Crippen LogP contribution in [0.25, 0.3) is 0 Å². The van der Waals surface area contributed by atoms with E-state index < -0.39 is 5.41 Å². The summed E-state index contributed by atoms with van der Waals surface area (Å²) >= 11 is 1.78. The number of nitrogens with two attached hydrogens (primary N) is 1. The lowest BCUT2D eigenvalue weighted by Gasteiger charge is -2.43. The van der Waals surface area contributed by atoms with Crippen LogP contribution in [-0.4, -0.2) is 47.9 Å². The van der Waals surface area contributed by atoms with Crippen molar-refractivity contribution in [2.45, 2.75) is 31.8 Å². The Bertz CT molecular complexity index is 846. The highest BCUT2D eigenvalue weighted by molar-refractivity contribution is 7.97. The number of aliphatic imine (C=N–C) groups is 1. The maximum absolute atomic E-state index is 13.2. The monoisotopic (exact) mass is 415 g/mol. The molecule has 154 valence electrons. The summed E-state index contributed by atoms with van der Waals surface area (Å²) in [4.78, 5) is 16.9. The number of carbonyl (C=O) groups excluding carboxylic acids is 1. The zero-order valence-electron chi connectivity index (χ0n) is 16.4. The second-order valence-electron chi connectivity index (χ2n) is 7.83. The topological polar surface area (TPSA) is 67.9 Å². The molecule has 1 aromatic rings. The van der Waals surface area contributed by atoms with Crippen LogP contribution >= 0.6 is 11.9 Å². The predicted octanol–water partition coefficient (Wildman–Crippen LogP) is 3.79. The maximum Gasteiger partial charge on any atom is 0.131 e. The van der Waals surface area contributed by atoms with Crippen LogP contribution in [0.15, 0.2) is 52.7 Å². The van der Waals surface area contributed by atoms with E-state index in [2.05, 4.69) is 9.30 Å². The number of benzene rings is 1. The fourth-order valence-corrected chi connectivity index (χ4v) is 5.38. The van der Waals surface area contributed by atoms with Gasteiger partial charge in [0.2, 0.25) is 0 Å². The first-order valence-electron chi connectivity index (χ1n) is 10.0. The summed E-state index contributed by atoms with van der Waals surface area (Å²) in [5, 5.41) is 0. The Balaban J connectivity index is 1.54. The van der Waals surface area contributed by atoms with E-state index in [4.69, 9.17) is 10.5 Å². The largest absolute Gasteiger partial charge is 0.404 e. The number of allylic oxidation sites excluding steroid dienone is 2. The molecule has 0 spiro atoms. The third-order valence-corrected chi connectivity index (χ3v) is 7.04. The summed E-state index contributed by atoms with van der Waals surface area (Å²) in [6.45, 7) is 2.42. The van der Waals surface area contributed by atoms with Crippen LogP contribution in [0.5, 0.6) is 0 Å². The van der Waals surface area contributed by atoms with Crippen LogP contribution in [-0.2, 0) is 9.53 Å². The number of aldehydes is 1. The molecular formula is C22H26FN3O2S. The summed E-state index contributed by atoms with van der Waals surface area (Å²) in [5.74, 6) is 0.642. The molecule has 2 heterocycles. The number of piperidine rings is 1. The van der Waals surface area contributed by atoms with Gasteiger partial charge >= 0.3 is 0 Å². The number of hydrogen-bond donors (Lipinski definition) is 1. The van der Waals surface area contributed by atoms with Gasteiger partial charge in [0.15, 0.2) is 0 Å². The van der Waals surface area contributed by atoms with Crippen LogP contribution in [0.4, 0.5) is 10.1 Å². The Kier molecular flexibility index (Phi) is 6.18. The molecule has 0 saturated carbocycles. The van der Waals surface area contributed by atoms with Crippen molar-refractivity contribution < 1.29 is 13.9 Å². The molecule has 0 bridgehead atoms. The summed E-state index contributed by atoms with van der Waals surface area (Å²) in [5.41, 5.74) is 8.71. The van der Waals surface area contributed by atoms with E-state index in [9.17, 15) is 9.18 Å². The maximum atomic E-state index is 13.2. The molecule has 2 N–H and O–H groups in total. The van der Waals surface area contributed by atoms with Crippen molar-refractivity contribution in [2.75, 3.05) is 25.4 Å². The van der Waals surface area contributed by atoms with E-state index in [1.54, 1.807) is 30.3 Å². The van der Waals surface area contributed by atoms with Gasteiger partial charge in [0.05, 0.1) is 22.9 Å². The quantitative estimate of drug-likeness (QED) is 0.585. The third kappa shape index (κ3) is 4.47. The Labute approximate surface area is 175 Å². The highest BCUT2D eigenvalue weighted by Crippen LogP contribution is 2.44. The van der Waals surface area contributed by atoms with E-state index in [-0.39, 0.29) is 5.82 Å². The fourth-order valence-electron chi connectivity index (χ4n) is 4.20. The smallest absolute Gasteiger partial charge is 0.131 e. The van der Waals surface area contributed by atoms with Crippen LogP contribution in [0.3, 0.4) is 0 Å². The summed E-state index contributed by atoms with van der Waals surface area (Å²) < 4.78 is 21.2. The second kappa shape index (κ2) is 8.81. The molecule has 0 amide bonds. The first kappa shape index (κ1) is 20.3. The van der Waals surface area contributed by atoms with Gasteiger partial charge < -0.3 is 15.3 Å². The van der Waals surface area contributed by atoms with Crippen molar-refractivity contribution >= 4 is 29.6 Å². The number of rotatable bonds is 5. The first-order valence-corrected chi connectivity index (χ1v) is 11.0. The van der Waals surface area contributed by atoms with Crippen molar-refractivity contribution in [3.05, 3.63) is 53.5 Å². The molecular weight excluding hydrogens is 389 g/mol. The first-order chi connectivity index (χ1) is 14.1. The highest BCUT2D eigenvalue weighted by atomic mass is 32.2. The molecule has 2 fully saturated rings. The number of fused-ring (bicyclic) bond motifs is 1. The molecule has 2 aliphatic heterocycles. The average Bonchev–Trinajstić information content (AvgIpc) is 3.27. The second-order valence-corrected chi connectivity index (χ2v) is 8.94. The Morgan fingerprint density at radius 3 is 2.90 bits per heavy atom. The van der Waals surface area contributed by atoms with Crippen LogP contribution in [0, 0.1) is 11.2 Å². The zero-order chi connectivity index (χ0) is 20.3.